The number of para-hydroxylation sites is 1. The summed E-state index contributed by atoms with van der Waals surface area (Å²) in [7, 11) is 0. The van der Waals surface area contributed by atoms with Crippen LogP contribution in [0.25, 0.3) is 110 Å². The minimum absolute atomic E-state index is 0.651. The van der Waals surface area contributed by atoms with Gasteiger partial charge in [0.1, 0.15) is 16.8 Å². The van der Waals surface area contributed by atoms with Crippen LogP contribution in [0.1, 0.15) is 0 Å². The maximum atomic E-state index is 6.31. The predicted octanol–water partition coefficient (Wildman–Crippen LogP) is 12.9. The molecule has 0 aliphatic carbocycles. The van der Waals surface area contributed by atoms with Gasteiger partial charge in [-0.1, -0.05) is 152 Å². The summed E-state index contributed by atoms with van der Waals surface area (Å²) < 4.78 is 8.65. The van der Waals surface area contributed by atoms with Crippen molar-refractivity contribution >= 4 is 53.6 Å². The van der Waals surface area contributed by atoms with Crippen LogP contribution in [-0.2, 0) is 0 Å². The second kappa shape index (κ2) is 13.2. The summed E-state index contributed by atoms with van der Waals surface area (Å²) in [4.78, 5) is 25.1. The molecule has 0 radical (unpaired) electrons. The lowest BCUT2D eigenvalue weighted by atomic mass is 10.0. The molecule has 0 atom stereocenters. The first-order chi connectivity index (χ1) is 27.7. The summed E-state index contributed by atoms with van der Waals surface area (Å²) >= 11 is 1.77. The van der Waals surface area contributed by atoms with E-state index in [0.29, 0.717) is 28.9 Å². The summed E-state index contributed by atoms with van der Waals surface area (Å²) in [5.41, 5.74) is 10.2. The van der Waals surface area contributed by atoms with Gasteiger partial charge in [-0.3, -0.25) is 0 Å². The third kappa shape index (κ3) is 5.52. The summed E-state index contributed by atoms with van der Waals surface area (Å²) in [5.74, 6) is 2.62. The molecule has 0 saturated heterocycles. The zero-order valence-corrected chi connectivity index (χ0v) is 30.6. The molecular formula is C49H29N5OS. The second-order valence-electron chi connectivity index (χ2n) is 13.6. The van der Waals surface area contributed by atoms with Crippen molar-refractivity contribution in [3.63, 3.8) is 0 Å². The van der Waals surface area contributed by atoms with E-state index in [1.807, 2.05) is 97.1 Å². The highest BCUT2D eigenvalue weighted by Crippen LogP contribution is 2.42. The van der Waals surface area contributed by atoms with Crippen molar-refractivity contribution in [2.75, 3.05) is 0 Å². The van der Waals surface area contributed by atoms with Crippen molar-refractivity contribution in [1.82, 2.24) is 24.9 Å². The first-order valence-electron chi connectivity index (χ1n) is 18.4. The quantitative estimate of drug-likeness (QED) is 0.169. The van der Waals surface area contributed by atoms with Gasteiger partial charge in [0.25, 0.3) is 0 Å². The van der Waals surface area contributed by atoms with Gasteiger partial charge in [-0.05, 0) is 35.4 Å². The third-order valence-corrected chi connectivity index (χ3v) is 11.4. The Kier molecular flexibility index (Phi) is 7.57. The van der Waals surface area contributed by atoms with Crippen molar-refractivity contribution in [2.24, 2.45) is 0 Å². The minimum Gasteiger partial charge on any atom is -0.452 e. The molecule has 11 rings (SSSR count). The van der Waals surface area contributed by atoms with E-state index < -0.39 is 0 Å². The fourth-order valence-corrected chi connectivity index (χ4v) is 8.66. The van der Waals surface area contributed by atoms with Crippen molar-refractivity contribution in [2.45, 2.75) is 0 Å². The molecule has 0 spiro atoms. The van der Waals surface area contributed by atoms with E-state index in [1.54, 1.807) is 11.3 Å². The number of hydrogen-bond acceptors (Lipinski definition) is 7. The van der Waals surface area contributed by atoms with Crippen LogP contribution < -0.4 is 0 Å². The Morgan fingerprint density at radius 2 is 0.929 bits per heavy atom. The molecule has 56 heavy (non-hydrogen) atoms. The smallest absolute Gasteiger partial charge is 0.180 e. The van der Waals surface area contributed by atoms with Gasteiger partial charge < -0.3 is 4.42 Å². The summed E-state index contributed by atoms with van der Waals surface area (Å²) in [5, 5.41) is 3.36. The highest BCUT2D eigenvalue weighted by Gasteiger charge is 2.19. The average molecular weight is 736 g/mol. The van der Waals surface area contributed by atoms with E-state index in [2.05, 4.69) is 78.9 Å². The first-order valence-corrected chi connectivity index (χ1v) is 19.2. The SMILES string of the molecule is c1ccc(-c2nc(-c3ccccc3)nc(-c3cccc4c3sc3cc(-c5ccc(-c6nc(-c7ccccc7)c7oc8ccccc8c7n6)cc5)ccc34)n2)cc1. The number of rotatable bonds is 6. The molecule has 11 aromatic rings. The predicted molar refractivity (Wildman–Crippen MR) is 228 cm³/mol. The van der Waals surface area contributed by atoms with Crippen molar-refractivity contribution in [3.05, 3.63) is 176 Å². The Bertz CT molecular complexity index is 3180. The van der Waals surface area contributed by atoms with E-state index in [0.717, 1.165) is 65.8 Å². The molecule has 0 amide bonds. The molecule has 7 heteroatoms. The van der Waals surface area contributed by atoms with Gasteiger partial charge in [-0.2, -0.15) is 0 Å². The fraction of sp³-hybridized carbons (Fsp3) is 0. The number of hydrogen-bond donors (Lipinski definition) is 0. The number of furan rings is 1. The standard InChI is InChI=1S/C49H29N5OS/c1-4-13-31(14-5-1)42-44-43(38-19-10-11-22-40(38)55-44)51-46(50-42)34-25-23-30(24-26-34)35-27-28-36-37-20-12-21-39(45(37)56-41(36)29-35)49-53-47(32-15-6-2-7-16-32)52-48(54-49)33-17-8-3-9-18-33/h1-29H. The highest BCUT2D eigenvalue weighted by molar-refractivity contribution is 7.26. The molecule has 0 unspecified atom stereocenters. The Balaban J connectivity index is 0.986. The number of benzene rings is 7. The average Bonchev–Trinajstić information content (AvgIpc) is 3.85. The number of nitrogens with zero attached hydrogens (tertiary/aromatic N) is 5. The van der Waals surface area contributed by atoms with E-state index in [-0.39, 0.29) is 0 Å². The zero-order chi connectivity index (χ0) is 37.0. The van der Waals surface area contributed by atoms with Crippen molar-refractivity contribution in [1.29, 1.82) is 0 Å². The maximum absolute atomic E-state index is 6.31. The number of thiophene rings is 1. The molecule has 0 aliphatic heterocycles. The van der Waals surface area contributed by atoms with Gasteiger partial charge in [-0.25, -0.2) is 24.9 Å². The molecule has 262 valence electrons. The third-order valence-electron chi connectivity index (χ3n) is 10.2. The van der Waals surface area contributed by atoms with Crippen LogP contribution in [0.2, 0.25) is 0 Å². The lowest BCUT2D eigenvalue weighted by Crippen LogP contribution is -2.00. The van der Waals surface area contributed by atoms with Crippen LogP contribution in [-0.4, -0.2) is 24.9 Å². The molecule has 6 nitrogen and oxygen atoms in total. The van der Waals surface area contributed by atoms with Crippen LogP contribution in [0.3, 0.4) is 0 Å². The van der Waals surface area contributed by atoms with Gasteiger partial charge in [0.05, 0.1) is 0 Å². The molecular weight excluding hydrogens is 707 g/mol. The van der Waals surface area contributed by atoms with E-state index >= 15 is 0 Å². The molecule has 0 bridgehead atoms. The van der Waals surface area contributed by atoms with Crippen LogP contribution in [0.5, 0.6) is 0 Å². The highest BCUT2D eigenvalue weighted by atomic mass is 32.1. The van der Waals surface area contributed by atoms with E-state index in [1.165, 1.54) is 15.5 Å². The Morgan fingerprint density at radius 1 is 0.375 bits per heavy atom. The largest absolute Gasteiger partial charge is 0.452 e. The monoisotopic (exact) mass is 735 g/mol. The van der Waals surface area contributed by atoms with Crippen LogP contribution >= 0.6 is 11.3 Å². The van der Waals surface area contributed by atoms with Crippen molar-refractivity contribution in [3.8, 4) is 67.9 Å². The Labute approximate surface area is 325 Å². The lowest BCUT2D eigenvalue weighted by molar-refractivity contribution is 0.667. The van der Waals surface area contributed by atoms with Gasteiger partial charge in [0, 0.05) is 53.4 Å². The number of fused-ring (bicyclic) bond motifs is 6. The van der Waals surface area contributed by atoms with Gasteiger partial charge in [0.2, 0.25) is 0 Å². The zero-order valence-electron chi connectivity index (χ0n) is 29.8. The maximum Gasteiger partial charge on any atom is 0.180 e. The van der Waals surface area contributed by atoms with Gasteiger partial charge in [-0.15, -0.1) is 11.3 Å². The summed E-state index contributed by atoms with van der Waals surface area (Å²) in [6.45, 7) is 0. The first kappa shape index (κ1) is 32.1. The van der Waals surface area contributed by atoms with Gasteiger partial charge in [0.15, 0.2) is 28.9 Å². The normalized spacial score (nSPS) is 11.6. The molecule has 0 fully saturated rings. The molecule has 4 aromatic heterocycles. The molecule has 0 saturated carbocycles. The Hall–Kier alpha value is -7.35. The molecule has 4 heterocycles. The summed E-state index contributed by atoms with van der Waals surface area (Å²) in [6, 6.07) is 60.0. The fourth-order valence-electron chi connectivity index (χ4n) is 7.41. The minimum atomic E-state index is 0.651. The van der Waals surface area contributed by atoms with Crippen molar-refractivity contribution < 1.29 is 4.42 Å². The number of aromatic nitrogens is 5. The molecule has 0 aliphatic rings. The Morgan fingerprint density at radius 3 is 1.64 bits per heavy atom. The molecule has 7 aromatic carbocycles. The van der Waals surface area contributed by atoms with E-state index in [9.17, 15) is 0 Å². The topological polar surface area (TPSA) is 77.6 Å². The van der Waals surface area contributed by atoms with Gasteiger partial charge >= 0.3 is 0 Å². The summed E-state index contributed by atoms with van der Waals surface area (Å²) in [6.07, 6.45) is 0. The lowest BCUT2D eigenvalue weighted by Gasteiger charge is -2.09. The van der Waals surface area contributed by atoms with Crippen LogP contribution in [0, 0.1) is 0 Å². The van der Waals surface area contributed by atoms with Crippen LogP contribution in [0.15, 0.2) is 180 Å². The van der Waals surface area contributed by atoms with Crippen LogP contribution in [0.4, 0.5) is 0 Å². The van der Waals surface area contributed by atoms with E-state index in [4.69, 9.17) is 29.3 Å². The molecule has 0 N–H and O–H groups in total. The second-order valence-corrected chi connectivity index (χ2v) is 14.7.